The fourth-order valence-corrected chi connectivity index (χ4v) is 0.660. The average molecular weight is 169 g/mol. The number of aliphatic imine (C=N–C) groups is 1. The van der Waals surface area contributed by atoms with Crippen LogP contribution in [0.2, 0.25) is 0 Å². The Hall–Kier alpha value is -1.07. The first-order valence-electron chi connectivity index (χ1n) is 3.49. The molecule has 0 aliphatic rings. The highest BCUT2D eigenvalue weighted by atomic mass is 16.5. The first kappa shape index (κ1) is 10.9. The fraction of sp³-hybridized carbons (Fsp3) is 0.286. The first-order chi connectivity index (χ1) is 5.67. The van der Waals surface area contributed by atoms with Gasteiger partial charge in [0.05, 0.1) is 6.61 Å². The SMILES string of the molecule is C=C/C(B(O)O)=C(\N=C)OCC. The van der Waals surface area contributed by atoms with E-state index < -0.39 is 7.12 Å². The molecule has 0 unspecified atom stereocenters. The monoisotopic (exact) mass is 169 g/mol. The van der Waals surface area contributed by atoms with Gasteiger partial charge in [0.25, 0.3) is 0 Å². The van der Waals surface area contributed by atoms with Crippen LogP contribution in [-0.2, 0) is 4.74 Å². The molecule has 0 heterocycles. The number of hydrogen-bond donors (Lipinski definition) is 2. The van der Waals surface area contributed by atoms with Crippen molar-refractivity contribution in [3.05, 3.63) is 24.0 Å². The molecule has 0 spiro atoms. The highest BCUT2D eigenvalue weighted by Crippen LogP contribution is 2.09. The van der Waals surface area contributed by atoms with Crippen LogP contribution < -0.4 is 0 Å². The van der Waals surface area contributed by atoms with Gasteiger partial charge < -0.3 is 14.8 Å². The van der Waals surface area contributed by atoms with Crippen LogP contribution in [0.1, 0.15) is 6.92 Å². The number of allylic oxidation sites excluding steroid dienone is 2. The molecule has 5 heteroatoms. The van der Waals surface area contributed by atoms with Gasteiger partial charge in [0, 0.05) is 5.47 Å². The summed E-state index contributed by atoms with van der Waals surface area (Å²) in [5.41, 5.74) is 0.117. The van der Waals surface area contributed by atoms with Gasteiger partial charge in [-0.25, -0.2) is 4.99 Å². The minimum atomic E-state index is -1.63. The van der Waals surface area contributed by atoms with Gasteiger partial charge in [0.2, 0.25) is 5.88 Å². The fourth-order valence-electron chi connectivity index (χ4n) is 0.660. The number of hydrogen-bond acceptors (Lipinski definition) is 4. The van der Waals surface area contributed by atoms with Gasteiger partial charge in [0.15, 0.2) is 0 Å². The lowest BCUT2D eigenvalue weighted by Crippen LogP contribution is -2.16. The van der Waals surface area contributed by atoms with E-state index in [-0.39, 0.29) is 11.4 Å². The molecule has 0 saturated heterocycles. The zero-order valence-electron chi connectivity index (χ0n) is 7.03. The maximum Gasteiger partial charge on any atom is 0.493 e. The standard InChI is InChI=1S/C7H12BNO3/c1-4-6(8(10)11)7(9-3)12-5-2/h4,10-11H,1,3,5H2,2H3/b7-6-. The maximum absolute atomic E-state index is 8.80. The van der Waals surface area contributed by atoms with Crippen molar-refractivity contribution in [2.24, 2.45) is 4.99 Å². The van der Waals surface area contributed by atoms with Gasteiger partial charge in [-0.15, -0.1) is 0 Å². The van der Waals surface area contributed by atoms with E-state index in [0.29, 0.717) is 6.61 Å². The maximum atomic E-state index is 8.80. The summed E-state index contributed by atoms with van der Waals surface area (Å²) in [7, 11) is -1.63. The van der Waals surface area contributed by atoms with Crippen molar-refractivity contribution in [3.63, 3.8) is 0 Å². The molecule has 4 nitrogen and oxygen atoms in total. The average Bonchev–Trinajstić information content (AvgIpc) is 2.03. The molecule has 0 amide bonds. The van der Waals surface area contributed by atoms with Crippen molar-refractivity contribution in [1.82, 2.24) is 0 Å². The Morgan fingerprint density at radius 3 is 2.50 bits per heavy atom. The van der Waals surface area contributed by atoms with Gasteiger partial charge in [-0.05, 0) is 13.6 Å². The summed E-state index contributed by atoms with van der Waals surface area (Å²) >= 11 is 0. The van der Waals surface area contributed by atoms with E-state index in [1.165, 1.54) is 6.08 Å². The Labute approximate surface area is 72.0 Å². The summed E-state index contributed by atoms with van der Waals surface area (Å²) < 4.78 is 4.96. The number of nitrogens with zero attached hydrogens (tertiary/aromatic N) is 1. The van der Waals surface area contributed by atoms with Crippen LogP contribution in [0, 0.1) is 0 Å². The van der Waals surface area contributed by atoms with Crippen molar-refractivity contribution in [2.75, 3.05) is 6.61 Å². The summed E-state index contributed by atoms with van der Waals surface area (Å²) in [6.07, 6.45) is 1.27. The molecule has 12 heavy (non-hydrogen) atoms. The summed E-state index contributed by atoms with van der Waals surface area (Å²) in [6, 6.07) is 0. The predicted octanol–water partition coefficient (Wildman–Crippen LogP) is 0.133. The lowest BCUT2D eigenvalue weighted by molar-refractivity contribution is 0.225. The Morgan fingerprint density at radius 1 is 1.67 bits per heavy atom. The van der Waals surface area contributed by atoms with Crippen LogP contribution in [0.4, 0.5) is 0 Å². The van der Waals surface area contributed by atoms with Crippen LogP contribution in [0.25, 0.3) is 0 Å². The van der Waals surface area contributed by atoms with Gasteiger partial charge in [-0.3, -0.25) is 0 Å². The predicted molar refractivity (Wildman–Crippen MR) is 48.6 cm³/mol. The van der Waals surface area contributed by atoms with E-state index in [1.807, 2.05) is 0 Å². The Balaban J connectivity index is 4.73. The summed E-state index contributed by atoms with van der Waals surface area (Å²) in [5.74, 6) is 0.0995. The van der Waals surface area contributed by atoms with Crippen molar-refractivity contribution in [3.8, 4) is 0 Å². The van der Waals surface area contributed by atoms with Crippen LogP contribution in [-0.4, -0.2) is 30.5 Å². The topological polar surface area (TPSA) is 62.0 Å². The van der Waals surface area contributed by atoms with E-state index in [0.717, 1.165) is 0 Å². The second-order valence-electron chi connectivity index (χ2n) is 1.93. The molecule has 0 aromatic rings. The quantitative estimate of drug-likeness (QED) is 0.266. The van der Waals surface area contributed by atoms with Crippen molar-refractivity contribution < 1.29 is 14.8 Å². The second-order valence-corrected chi connectivity index (χ2v) is 1.93. The van der Waals surface area contributed by atoms with Gasteiger partial charge in [0.1, 0.15) is 0 Å². The molecule has 0 aliphatic heterocycles. The third-order valence-electron chi connectivity index (χ3n) is 1.17. The molecule has 0 aliphatic carbocycles. The van der Waals surface area contributed by atoms with Crippen LogP contribution in [0.5, 0.6) is 0 Å². The Morgan fingerprint density at radius 2 is 2.25 bits per heavy atom. The molecular formula is C7H12BNO3. The van der Waals surface area contributed by atoms with Crippen LogP contribution >= 0.6 is 0 Å². The van der Waals surface area contributed by atoms with Crippen LogP contribution in [0.3, 0.4) is 0 Å². The third kappa shape index (κ3) is 2.90. The highest BCUT2D eigenvalue weighted by Gasteiger charge is 2.17. The molecular weight excluding hydrogens is 157 g/mol. The van der Waals surface area contributed by atoms with E-state index in [9.17, 15) is 0 Å². The number of ether oxygens (including phenoxy) is 1. The molecule has 0 bridgehead atoms. The third-order valence-corrected chi connectivity index (χ3v) is 1.17. The first-order valence-corrected chi connectivity index (χ1v) is 3.49. The highest BCUT2D eigenvalue weighted by molar-refractivity contribution is 6.51. The Kier molecular flexibility index (Phi) is 5.07. The van der Waals surface area contributed by atoms with Crippen molar-refractivity contribution in [1.29, 1.82) is 0 Å². The van der Waals surface area contributed by atoms with Crippen molar-refractivity contribution >= 4 is 13.8 Å². The molecule has 0 radical (unpaired) electrons. The summed E-state index contributed by atoms with van der Waals surface area (Å²) in [4.78, 5) is 3.49. The smallest absolute Gasteiger partial charge is 0.478 e. The van der Waals surface area contributed by atoms with Gasteiger partial charge in [-0.2, -0.15) is 0 Å². The zero-order chi connectivity index (χ0) is 9.56. The molecule has 0 aromatic carbocycles. The molecule has 0 fully saturated rings. The summed E-state index contributed by atoms with van der Waals surface area (Å²) in [6.45, 7) is 8.76. The van der Waals surface area contributed by atoms with E-state index in [4.69, 9.17) is 14.8 Å². The van der Waals surface area contributed by atoms with Crippen LogP contribution in [0.15, 0.2) is 29.0 Å². The van der Waals surface area contributed by atoms with Gasteiger partial charge >= 0.3 is 7.12 Å². The molecule has 66 valence electrons. The minimum absolute atomic E-state index is 0.0995. The largest absolute Gasteiger partial charge is 0.493 e. The van der Waals surface area contributed by atoms with E-state index in [1.54, 1.807) is 6.92 Å². The Bertz CT molecular complexity index is 201. The van der Waals surface area contributed by atoms with E-state index in [2.05, 4.69) is 18.3 Å². The molecule has 2 N–H and O–H groups in total. The lowest BCUT2D eigenvalue weighted by Gasteiger charge is -2.06. The van der Waals surface area contributed by atoms with Crippen molar-refractivity contribution in [2.45, 2.75) is 6.92 Å². The molecule has 0 aromatic heterocycles. The normalized spacial score (nSPS) is 11.6. The minimum Gasteiger partial charge on any atom is -0.478 e. The second kappa shape index (κ2) is 5.57. The van der Waals surface area contributed by atoms with E-state index >= 15 is 0 Å². The number of rotatable bonds is 5. The van der Waals surface area contributed by atoms with Gasteiger partial charge in [-0.1, -0.05) is 12.7 Å². The molecule has 0 atom stereocenters. The molecule has 0 rings (SSSR count). The zero-order valence-corrected chi connectivity index (χ0v) is 7.03. The summed E-state index contributed by atoms with van der Waals surface area (Å²) in [5, 5.41) is 17.6. The lowest BCUT2D eigenvalue weighted by atomic mass is 9.79. The molecule has 0 saturated carbocycles.